The molecule has 0 aromatic heterocycles. The normalized spacial score (nSPS) is 20.1. The number of hydrogen-bond donors (Lipinski definition) is 1. The fourth-order valence-electron chi connectivity index (χ4n) is 4.27. The third-order valence-electron chi connectivity index (χ3n) is 5.75. The highest BCUT2D eigenvalue weighted by molar-refractivity contribution is 6.07. The van der Waals surface area contributed by atoms with Crippen molar-refractivity contribution in [3.05, 3.63) is 48.0 Å². The van der Waals surface area contributed by atoms with Crippen LogP contribution in [-0.4, -0.2) is 54.5 Å². The maximum absolute atomic E-state index is 12.7. The second kappa shape index (κ2) is 7.99. The van der Waals surface area contributed by atoms with Gasteiger partial charge < -0.3 is 15.1 Å². The SMILES string of the molecule is O=C(NCC1CCCN(C(=O)N2CCCC2)C1)c1cccc2ccccc12. The lowest BCUT2D eigenvalue weighted by atomic mass is 9.97. The predicted octanol–water partition coefficient (Wildman–Crippen LogP) is 3.50. The molecule has 2 aliphatic rings. The monoisotopic (exact) mass is 365 g/mol. The molecule has 1 N–H and O–H groups in total. The van der Waals surface area contributed by atoms with Gasteiger partial charge in [-0.05, 0) is 48.4 Å². The van der Waals surface area contributed by atoms with Gasteiger partial charge in [-0.1, -0.05) is 36.4 Å². The van der Waals surface area contributed by atoms with Crippen molar-refractivity contribution in [1.29, 1.82) is 0 Å². The zero-order chi connectivity index (χ0) is 18.6. The molecule has 2 heterocycles. The van der Waals surface area contributed by atoms with Gasteiger partial charge in [0, 0.05) is 38.3 Å². The molecule has 3 amide bonds. The number of likely N-dealkylation sites (tertiary alicyclic amines) is 2. The Kier molecular flexibility index (Phi) is 5.28. The summed E-state index contributed by atoms with van der Waals surface area (Å²) in [7, 11) is 0. The van der Waals surface area contributed by atoms with E-state index in [1.54, 1.807) is 0 Å². The minimum absolute atomic E-state index is 0.0326. The zero-order valence-electron chi connectivity index (χ0n) is 15.7. The smallest absolute Gasteiger partial charge is 0.320 e. The average molecular weight is 365 g/mol. The van der Waals surface area contributed by atoms with Gasteiger partial charge in [0.15, 0.2) is 0 Å². The molecule has 2 aliphatic heterocycles. The first-order chi connectivity index (χ1) is 13.2. The largest absolute Gasteiger partial charge is 0.352 e. The van der Waals surface area contributed by atoms with E-state index in [1.165, 1.54) is 0 Å². The molecule has 2 saturated heterocycles. The number of nitrogens with one attached hydrogen (secondary N) is 1. The molecule has 0 saturated carbocycles. The predicted molar refractivity (Wildman–Crippen MR) is 107 cm³/mol. The number of amides is 3. The maximum atomic E-state index is 12.7. The van der Waals surface area contributed by atoms with E-state index in [-0.39, 0.29) is 11.9 Å². The van der Waals surface area contributed by atoms with Crippen molar-refractivity contribution in [1.82, 2.24) is 15.1 Å². The third kappa shape index (κ3) is 3.92. The summed E-state index contributed by atoms with van der Waals surface area (Å²) < 4.78 is 0. The highest BCUT2D eigenvalue weighted by Crippen LogP contribution is 2.21. The summed E-state index contributed by atoms with van der Waals surface area (Å²) >= 11 is 0. The number of rotatable bonds is 3. The molecule has 0 aliphatic carbocycles. The van der Waals surface area contributed by atoms with Crippen molar-refractivity contribution in [2.24, 2.45) is 5.92 Å². The van der Waals surface area contributed by atoms with E-state index in [2.05, 4.69) is 5.32 Å². The van der Waals surface area contributed by atoms with Crippen LogP contribution in [0.5, 0.6) is 0 Å². The van der Waals surface area contributed by atoms with Crippen LogP contribution in [0, 0.1) is 5.92 Å². The molecule has 0 bridgehead atoms. The molecule has 1 unspecified atom stereocenters. The lowest BCUT2D eigenvalue weighted by Crippen LogP contribution is -2.48. The lowest BCUT2D eigenvalue weighted by molar-refractivity contribution is 0.0935. The van der Waals surface area contributed by atoms with Crippen molar-refractivity contribution in [3.63, 3.8) is 0 Å². The second-order valence-electron chi connectivity index (χ2n) is 7.67. The Bertz CT molecular complexity index is 824. The van der Waals surface area contributed by atoms with Gasteiger partial charge in [-0.15, -0.1) is 0 Å². The zero-order valence-corrected chi connectivity index (χ0v) is 15.7. The molecule has 5 nitrogen and oxygen atoms in total. The molecule has 2 fully saturated rings. The first-order valence-electron chi connectivity index (χ1n) is 10.0. The summed E-state index contributed by atoms with van der Waals surface area (Å²) in [5, 5.41) is 5.15. The van der Waals surface area contributed by atoms with Gasteiger partial charge in [0.1, 0.15) is 0 Å². The minimum atomic E-state index is -0.0326. The number of piperidine rings is 1. The molecule has 5 heteroatoms. The number of carbonyl (C=O) groups excluding carboxylic acids is 2. The van der Waals surface area contributed by atoms with E-state index in [4.69, 9.17) is 0 Å². The van der Waals surface area contributed by atoms with Crippen LogP contribution in [0.15, 0.2) is 42.5 Å². The van der Waals surface area contributed by atoms with E-state index in [9.17, 15) is 9.59 Å². The van der Waals surface area contributed by atoms with Crippen LogP contribution in [0.1, 0.15) is 36.0 Å². The van der Waals surface area contributed by atoms with Gasteiger partial charge in [-0.3, -0.25) is 4.79 Å². The molecule has 27 heavy (non-hydrogen) atoms. The average Bonchev–Trinajstić information content (AvgIpc) is 3.26. The molecular formula is C22H27N3O2. The van der Waals surface area contributed by atoms with Gasteiger partial charge in [0.25, 0.3) is 5.91 Å². The Morgan fingerprint density at radius 2 is 1.67 bits per heavy atom. The molecule has 2 aromatic carbocycles. The number of carbonyl (C=O) groups is 2. The summed E-state index contributed by atoms with van der Waals surface area (Å²) in [5.74, 6) is 0.291. The number of urea groups is 1. The van der Waals surface area contributed by atoms with Gasteiger partial charge >= 0.3 is 6.03 Å². The first kappa shape index (κ1) is 17.8. The Balaban J connectivity index is 1.36. The van der Waals surface area contributed by atoms with Crippen LogP contribution in [0.4, 0.5) is 4.79 Å². The summed E-state index contributed by atoms with van der Waals surface area (Å²) in [4.78, 5) is 29.3. The topological polar surface area (TPSA) is 52.7 Å². The lowest BCUT2D eigenvalue weighted by Gasteiger charge is -2.35. The molecule has 1 atom stereocenters. The van der Waals surface area contributed by atoms with Crippen molar-refractivity contribution in [2.75, 3.05) is 32.7 Å². The highest BCUT2D eigenvalue weighted by atomic mass is 16.2. The van der Waals surface area contributed by atoms with Crippen LogP contribution in [-0.2, 0) is 0 Å². The van der Waals surface area contributed by atoms with Crippen molar-refractivity contribution in [2.45, 2.75) is 25.7 Å². The number of fused-ring (bicyclic) bond motifs is 1. The van der Waals surface area contributed by atoms with Crippen LogP contribution in [0.2, 0.25) is 0 Å². The van der Waals surface area contributed by atoms with Crippen LogP contribution < -0.4 is 5.32 Å². The van der Waals surface area contributed by atoms with Crippen LogP contribution in [0.25, 0.3) is 10.8 Å². The Hall–Kier alpha value is -2.56. The quantitative estimate of drug-likeness (QED) is 0.905. The van der Waals surface area contributed by atoms with Crippen molar-refractivity contribution in [3.8, 4) is 0 Å². The minimum Gasteiger partial charge on any atom is -0.352 e. The van der Waals surface area contributed by atoms with Crippen molar-refractivity contribution >= 4 is 22.7 Å². The van der Waals surface area contributed by atoms with E-state index in [1.807, 2.05) is 52.3 Å². The second-order valence-corrected chi connectivity index (χ2v) is 7.67. The van der Waals surface area contributed by atoms with E-state index in [0.717, 1.165) is 62.6 Å². The van der Waals surface area contributed by atoms with Gasteiger partial charge in [-0.25, -0.2) is 4.79 Å². The number of hydrogen-bond acceptors (Lipinski definition) is 2. The van der Waals surface area contributed by atoms with E-state index >= 15 is 0 Å². The maximum Gasteiger partial charge on any atom is 0.320 e. The summed E-state index contributed by atoms with van der Waals surface area (Å²) in [6, 6.07) is 14.0. The Morgan fingerprint density at radius 1 is 0.926 bits per heavy atom. The Labute approximate surface area is 160 Å². The Morgan fingerprint density at radius 3 is 2.52 bits per heavy atom. The van der Waals surface area contributed by atoms with Crippen LogP contribution >= 0.6 is 0 Å². The van der Waals surface area contributed by atoms with Crippen molar-refractivity contribution < 1.29 is 9.59 Å². The molecular weight excluding hydrogens is 338 g/mol. The van der Waals surface area contributed by atoms with Crippen LogP contribution in [0.3, 0.4) is 0 Å². The number of nitrogens with zero attached hydrogens (tertiary/aromatic N) is 2. The summed E-state index contributed by atoms with van der Waals surface area (Å²) in [5.41, 5.74) is 0.717. The van der Waals surface area contributed by atoms with E-state index in [0.29, 0.717) is 18.0 Å². The standard InChI is InChI=1S/C22H27N3O2/c26-21(20-11-5-9-18-8-1-2-10-19(18)20)23-15-17-7-6-14-25(16-17)22(27)24-12-3-4-13-24/h1-2,5,8-11,17H,3-4,6-7,12-16H2,(H,23,26). The van der Waals surface area contributed by atoms with Gasteiger partial charge in [-0.2, -0.15) is 0 Å². The summed E-state index contributed by atoms with van der Waals surface area (Å²) in [6.07, 6.45) is 4.29. The molecule has 2 aromatic rings. The van der Waals surface area contributed by atoms with E-state index < -0.39 is 0 Å². The third-order valence-corrected chi connectivity index (χ3v) is 5.75. The molecule has 0 spiro atoms. The fraction of sp³-hybridized carbons (Fsp3) is 0.455. The number of benzene rings is 2. The molecule has 142 valence electrons. The first-order valence-corrected chi connectivity index (χ1v) is 10.0. The van der Waals surface area contributed by atoms with Gasteiger partial charge in [0.2, 0.25) is 0 Å². The molecule has 4 rings (SSSR count). The summed E-state index contributed by atoms with van der Waals surface area (Å²) in [6.45, 7) is 3.97. The van der Waals surface area contributed by atoms with Gasteiger partial charge in [0.05, 0.1) is 0 Å². The molecule has 0 radical (unpaired) electrons. The highest BCUT2D eigenvalue weighted by Gasteiger charge is 2.28. The fourth-order valence-corrected chi connectivity index (χ4v) is 4.27.